The van der Waals surface area contributed by atoms with Crippen molar-refractivity contribution < 1.29 is 44.7 Å². The first-order chi connectivity index (χ1) is 16.8. The quantitative estimate of drug-likeness (QED) is 0.589. The number of benzene rings is 1. The van der Waals surface area contributed by atoms with Crippen LogP contribution in [-0.4, -0.2) is 73.3 Å². The van der Waals surface area contributed by atoms with E-state index in [1.165, 1.54) is 19.1 Å². The van der Waals surface area contributed by atoms with Crippen LogP contribution in [0.25, 0.3) is 11.3 Å². The van der Waals surface area contributed by atoms with Crippen LogP contribution in [0.15, 0.2) is 24.3 Å². The van der Waals surface area contributed by atoms with Gasteiger partial charge in [-0.2, -0.15) is 13.2 Å². The number of alkyl halides is 7. The minimum absolute atomic E-state index is 0.0409. The average Bonchev–Trinajstić information content (AvgIpc) is 3.01. The molecule has 0 aliphatic carbocycles. The number of carbonyl (C=O) groups is 1. The summed E-state index contributed by atoms with van der Waals surface area (Å²) in [6.45, 7) is -1.98. The fourth-order valence-corrected chi connectivity index (χ4v) is 4.18. The Morgan fingerprint density at radius 1 is 1.28 bits per heavy atom. The predicted octanol–water partition coefficient (Wildman–Crippen LogP) is 4.69. The van der Waals surface area contributed by atoms with Gasteiger partial charge in [0.2, 0.25) is 0 Å². The lowest BCUT2D eigenvalue weighted by Crippen LogP contribution is -2.48. The lowest BCUT2D eigenvalue weighted by atomic mass is 10.0. The molecule has 1 aromatic heterocycles. The number of halogens is 8. The van der Waals surface area contributed by atoms with Gasteiger partial charge in [0, 0.05) is 17.8 Å². The van der Waals surface area contributed by atoms with E-state index in [-0.39, 0.29) is 41.5 Å². The van der Waals surface area contributed by atoms with Crippen LogP contribution in [0.3, 0.4) is 0 Å². The van der Waals surface area contributed by atoms with Gasteiger partial charge in [-0.15, -0.1) is 0 Å². The molecule has 2 aromatic rings. The average molecular weight is 524 g/mol. The molecule has 36 heavy (non-hydrogen) atoms. The number of ether oxygens (including phenoxy) is 1. The number of anilines is 2. The molecular formula is C22H20F8N4O2. The Hall–Kier alpha value is -3.16. The highest BCUT2D eigenvalue weighted by atomic mass is 19.4. The highest BCUT2D eigenvalue weighted by Gasteiger charge is 2.49. The van der Waals surface area contributed by atoms with Gasteiger partial charge in [-0.05, 0) is 25.1 Å². The number of amides is 1. The highest BCUT2D eigenvalue weighted by Crippen LogP contribution is 2.45. The largest absolute Gasteiger partial charge is 0.427 e. The van der Waals surface area contributed by atoms with Crippen LogP contribution in [0.2, 0.25) is 0 Å². The zero-order valence-corrected chi connectivity index (χ0v) is 18.7. The minimum Gasteiger partial charge on any atom is -0.373 e. The molecule has 1 N–H and O–H groups in total. The molecule has 1 saturated heterocycles. The molecule has 0 radical (unpaired) electrons. The number of carbonyl (C=O) groups excluding carboxylic acids is 1. The van der Waals surface area contributed by atoms with Crippen LogP contribution in [0, 0.1) is 12.7 Å². The Morgan fingerprint density at radius 2 is 2.00 bits per heavy atom. The van der Waals surface area contributed by atoms with Crippen molar-refractivity contribution >= 4 is 17.3 Å². The van der Waals surface area contributed by atoms with E-state index in [0.29, 0.717) is 4.90 Å². The molecule has 6 nitrogen and oxygen atoms in total. The van der Waals surface area contributed by atoms with Gasteiger partial charge in [-0.3, -0.25) is 9.78 Å². The zero-order chi connectivity index (χ0) is 26.4. The van der Waals surface area contributed by atoms with Crippen LogP contribution in [0.4, 0.5) is 46.5 Å². The third-order valence-corrected chi connectivity index (χ3v) is 5.67. The van der Waals surface area contributed by atoms with Gasteiger partial charge < -0.3 is 19.9 Å². The van der Waals surface area contributed by atoms with Crippen LogP contribution < -0.4 is 10.2 Å². The molecule has 3 heterocycles. The van der Waals surface area contributed by atoms with Crippen molar-refractivity contribution in [2.45, 2.75) is 31.6 Å². The molecule has 2 aliphatic rings. The van der Waals surface area contributed by atoms with Crippen molar-refractivity contribution in [1.29, 1.82) is 0 Å². The summed E-state index contributed by atoms with van der Waals surface area (Å²) in [5.74, 6) is -5.44. The van der Waals surface area contributed by atoms with Crippen molar-refractivity contribution in [3.63, 3.8) is 0 Å². The number of rotatable bonds is 4. The predicted molar refractivity (Wildman–Crippen MR) is 113 cm³/mol. The summed E-state index contributed by atoms with van der Waals surface area (Å²) in [5.41, 5.74) is -0.954. The van der Waals surface area contributed by atoms with Crippen molar-refractivity contribution in [2.75, 3.05) is 43.1 Å². The summed E-state index contributed by atoms with van der Waals surface area (Å²) in [7, 11) is 0. The summed E-state index contributed by atoms with van der Waals surface area (Å²) >= 11 is 0. The molecule has 1 unspecified atom stereocenters. The molecule has 1 atom stereocenters. The lowest BCUT2D eigenvalue weighted by Gasteiger charge is -2.28. The van der Waals surface area contributed by atoms with E-state index in [1.54, 1.807) is 0 Å². The fourth-order valence-electron chi connectivity index (χ4n) is 4.18. The molecule has 0 bridgehead atoms. The Morgan fingerprint density at radius 3 is 2.64 bits per heavy atom. The van der Waals surface area contributed by atoms with E-state index in [1.807, 2.05) is 0 Å². The maximum Gasteiger partial charge on any atom is 0.427 e. The summed E-state index contributed by atoms with van der Waals surface area (Å²) in [6.07, 6.45) is -10.4. The van der Waals surface area contributed by atoms with Crippen LogP contribution in [0.5, 0.6) is 0 Å². The van der Waals surface area contributed by atoms with E-state index >= 15 is 0 Å². The van der Waals surface area contributed by atoms with Gasteiger partial charge in [0.15, 0.2) is 6.17 Å². The van der Waals surface area contributed by atoms with Crippen LogP contribution in [0.1, 0.15) is 16.1 Å². The van der Waals surface area contributed by atoms with Crippen molar-refractivity contribution in [3.05, 3.63) is 41.3 Å². The highest BCUT2D eigenvalue weighted by molar-refractivity contribution is 5.96. The van der Waals surface area contributed by atoms with Gasteiger partial charge in [0.25, 0.3) is 18.3 Å². The van der Waals surface area contributed by atoms with Crippen molar-refractivity contribution in [1.82, 2.24) is 9.88 Å². The number of aromatic nitrogens is 1. The molecule has 196 valence electrons. The monoisotopic (exact) mass is 524 g/mol. The van der Waals surface area contributed by atoms with Crippen LogP contribution >= 0.6 is 0 Å². The number of aryl methyl sites for hydroxylation is 1. The number of pyridine rings is 1. The van der Waals surface area contributed by atoms with Gasteiger partial charge in [-0.25, -0.2) is 22.0 Å². The standard InChI is InChI=1S/C22H20F8N4O2/c1-11-6-15-18(32-20(22(28,29)30)34(15)8-16(24)25)17(31-11)12-2-3-13(14(23)7-12)19(35)33-4-5-36-10-21(26,27)9-33/h2-3,6-7,16,20,32H,4-5,8-10H2,1H3. The normalized spacial score (nSPS) is 19.8. The van der Waals surface area contributed by atoms with Crippen molar-refractivity contribution in [3.8, 4) is 11.3 Å². The van der Waals surface area contributed by atoms with E-state index in [2.05, 4.69) is 10.3 Å². The first-order valence-electron chi connectivity index (χ1n) is 10.7. The van der Waals surface area contributed by atoms with E-state index in [0.717, 1.165) is 17.0 Å². The fraction of sp³-hybridized carbons (Fsp3) is 0.455. The Kier molecular flexibility index (Phi) is 6.75. The van der Waals surface area contributed by atoms with E-state index in [9.17, 15) is 39.9 Å². The zero-order valence-electron chi connectivity index (χ0n) is 18.7. The molecule has 2 aliphatic heterocycles. The Bertz CT molecular complexity index is 1160. The molecule has 0 spiro atoms. The first kappa shape index (κ1) is 25.9. The summed E-state index contributed by atoms with van der Waals surface area (Å²) in [6, 6.07) is 4.25. The second-order valence-corrected chi connectivity index (χ2v) is 8.47. The number of hydrogen-bond acceptors (Lipinski definition) is 5. The molecule has 1 amide bonds. The summed E-state index contributed by atoms with van der Waals surface area (Å²) in [5, 5.41) is 2.16. The Balaban J connectivity index is 1.70. The van der Waals surface area contributed by atoms with Gasteiger partial charge in [-0.1, -0.05) is 6.07 Å². The number of nitrogens with zero attached hydrogens (tertiary/aromatic N) is 3. The third kappa shape index (κ3) is 5.18. The maximum atomic E-state index is 15.0. The molecule has 4 rings (SSSR count). The molecule has 14 heteroatoms. The number of fused-ring (bicyclic) bond motifs is 1. The molecule has 1 aromatic carbocycles. The summed E-state index contributed by atoms with van der Waals surface area (Å²) in [4.78, 5) is 18.1. The van der Waals surface area contributed by atoms with Gasteiger partial charge in [0.1, 0.15) is 12.4 Å². The van der Waals surface area contributed by atoms with Gasteiger partial charge >= 0.3 is 6.18 Å². The Labute approximate surface area is 199 Å². The summed E-state index contributed by atoms with van der Waals surface area (Å²) < 4.78 is 114. The smallest absolute Gasteiger partial charge is 0.373 e. The second-order valence-electron chi connectivity index (χ2n) is 8.47. The van der Waals surface area contributed by atoms with Crippen molar-refractivity contribution in [2.24, 2.45) is 0 Å². The van der Waals surface area contributed by atoms with Gasteiger partial charge in [0.05, 0.1) is 42.3 Å². The second kappa shape index (κ2) is 9.37. The SMILES string of the molecule is Cc1cc2c(c(-c3ccc(C(=O)N4CCOCC(F)(F)C4)c(F)c3)n1)NC(C(F)(F)F)N2CC(F)F. The molecular weight excluding hydrogens is 504 g/mol. The van der Waals surface area contributed by atoms with E-state index < -0.39 is 61.7 Å². The molecule has 1 fully saturated rings. The van der Waals surface area contributed by atoms with E-state index in [4.69, 9.17) is 4.74 Å². The first-order valence-corrected chi connectivity index (χ1v) is 10.7. The molecule has 0 saturated carbocycles. The van der Waals surface area contributed by atoms with Crippen LogP contribution in [-0.2, 0) is 4.74 Å². The topological polar surface area (TPSA) is 57.7 Å². The minimum atomic E-state index is -4.92. The lowest BCUT2D eigenvalue weighted by molar-refractivity contribution is -0.142. The number of hydrogen-bond donors (Lipinski definition) is 1. The third-order valence-electron chi connectivity index (χ3n) is 5.67. The maximum absolute atomic E-state index is 15.0. The number of nitrogens with one attached hydrogen (secondary N) is 1.